The summed E-state index contributed by atoms with van der Waals surface area (Å²) in [5, 5.41) is 0. The molecule has 18 heavy (non-hydrogen) atoms. The van der Waals surface area contributed by atoms with Crippen molar-refractivity contribution >= 4 is 5.91 Å². The smallest absolute Gasteiger partial charge is 0.248 e. The van der Waals surface area contributed by atoms with E-state index in [1.54, 1.807) is 6.07 Å². The Morgan fingerprint density at radius 1 is 0.889 bits per heavy atom. The van der Waals surface area contributed by atoms with Gasteiger partial charge in [0.15, 0.2) is 0 Å². The van der Waals surface area contributed by atoms with Crippen LogP contribution in [-0.4, -0.2) is 5.91 Å². The Labute approximate surface area is 107 Å². The molecular weight excluding hydrogens is 222 g/mol. The molecule has 1 amide bonds. The highest BCUT2D eigenvalue weighted by Crippen LogP contribution is 2.12. The molecule has 2 heteroatoms. The van der Waals surface area contributed by atoms with E-state index >= 15 is 0 Å². The van der Waals surface area contributed by atoms with E-state index in [2.05, 4.69) is 12.1 Å². The lowest BCUT2D eigenvalue weighted by molar-refractivity contribution is 0.0999. The van der Waals surface area contributed by atoms with E-state index in [0.29, 0.717) is 5.56 Å². The van der Waals surface area contributed by atoms with Gasteiger partial charge in [-0.15, -0.1) is 0 Å². The molecule has 0 spiro atoms. The monoisotopic (exact) mass is 239 g/mol. The fourth-order valence-electron chi connectivity index (χ4n) is 2.11. The summed E-state index contributed by atoms with van der Waals surface area (Å²) in [5.74, 6) is -0.342. The Bertz CT molecular complexity index is 520. The van der Waals surface area contributed by atoms with Gasteiger partial charge in [-0.1, -0.05) is 48.5 Å². The van der Waals surface area contributed by atoms with Crippen LogP contribution in [0.15, 0.2) is 54.6 Å². The topological polar surface area (TPSA) is 43.1 Å². The molecular formula is C16H17NO. The number of primary amides is 1. The summed E-state index contributed by atoms with van der Waals surface area (Å²) >= 11 is 0. The zero-order chi connectivity index (χ0) is 12.8. The largest absolute Gasteiger partial charge is 0.366 e. The van der Waals surface area contributed by atoms with Gasteiger partial charge in [-0.05, 0) is 36.5 Å². The Balaban J connectivity index is 1.97. The van der Waals surface area contributed by atoms with Crippen LogP contribution in [0.3, 0.4) is 0 Å². The highest BCUT2D eigenvalue weighted by atomic mass is 16.1. The van der Waals surface area contributed by atoms with Crippen molar-refractivity contribution < 1.29 is 4.79 Å². The van der Waals surface area contributed by atoms with Crippen molar-refractivity contribution in [3.63, 3.8) is 0 Å². The molecule has 2 N–H and O–H groups in total. The van der Waals surface area contributed by atoms with Crippen molar-refractivity contribution in [3.05, 3.63) is 71.3 Å². The van der Waals surface area contributed by atoms with Crippen molar-refractivity contribution in [1.82, 2.24) is 0 Å². The lowest BCUT2D eigenvalue weighted by Crippen LogP contribution is -2.13. The minimum absolute atomic E-state index is 0.342. The maximum Gasteiger partial charge on any atom is 0.248 e. The maximum absolute atomic E-state index is 11.3. The van der Waals surface area contributed by atoms with Gasteiger partial charge in [0.2, 0.25) is 5.91 Å². The number of hydrogen-bond acceptors (Lipinski definition) is 1. The first-order valence-electron chi connectivity index (χ1n) is 6.19. The van der Waals surface area contributed by atoms with Gasteiger partial charge in [0.25, 0.3) is 0 Å². The summed E-state index contributed by atoms with van der Waals surface area (Å²) in [6.07, 6.45) is 2.93. The fraction of sp³-hybridized carbons (Fsp3) is 0.188. The van der Waals surface area contributed by atoms with Gasteiger partial charge < -0.3 is 5.73 Å². The van der Waals surface area contributed by atoms with Crippen molar-refractivity contribution in [2.24, 2.45) is 5.73 Å². The lowest BCUT2D eigenvalue weighted by Gasteiger charge is -2.06. The number of hydrogen-bond donors (Lipinski definition) is 1. The number of nitrogens with two attached hydrogens (primary N) is 1. The number of carbonyl (C=O) groups is 1. The molecule has 0 fully saturated rings. The second-order valence-electron chi connectivity index (χ2n) is 4.36. The third-order valence-electron chi connectivity index (χ3n) is 3.04. The van der Waals surface area contributed by atoms with Crippen LogP contribution >= 0.6 is 0 Å². The molecule has 0 aromatic heterocycles. The van der Waals surface area contributed by atoms with Crippen LogP contribution in [0.25, 0.3) is 0 Å². The van der Waals surface area contributed by atoms with Gasteiger partial charge in [-0.3, -0.25) is 4.79 Å². The molecule has 0 heterocycles. The van der Waals surface area contributed by atoms with E-state index in [1.807, 2.05) is 36.4 Å². The SMILES string of the molecule is NC(=O)c1ccccc1CCCc1ccccc1. The van der Waals surface area contributed by atoms with E-state index in [0.717, 1.165) is 24.8 Å². The van der Waals surface area contributed by atoms with Crippen molar-refractivity contribution in [3.8, 4) is 0 Å². The number of benzene rings is 2. The predicted octanol–water partition coefficient (Wildman–Crippen LogP) is 2.96. The molecule has 2 aromatic carbocycles. The standard InChI is InChI=1S/C16H17NO/c17-16(18)15-12-5-4-10-14(15)11-6-9-13-7-2-1-3-8-13/h1-5,7-8,10,12H,6,9,11H2,(H2,17,18). The van der Waals surface area contributed by atoms with Crippen LogP contribution in [0.2, 0.25) is 0 Å². The molecule has 0 saturated carbocycles. The summed E-state index contributed by atoms with van der Waals surface area (Å²) in [7, 11) is 0. The number of rotatable bonds is 5. The number of carbonyl (C=O) groups excluding carboxylic acids is 1. The van der Waals surface area contributed by atoms with Crippen molar-refractivity contribution in [2.45, 2.75) is 19.3 Å². The van der Waals surface area contributed by atoms with E-state index in [9.17, 15) is 4.79 Å². The third kappa shape index (κ3) is 3.20. The number of aryl methyl sites for hydroxylation is 2. The highest BCUT2D eigenvalue weighted by molar-refractivity contribution is 5.94. The van der Waals surface area contributed by atoms with Gasteiger partial charge in [-0.25, -0.2) is 0 Å². The molecule has 0 saturated heterocycles. The first-order chi connectivity index (χ1) is 8.77. The average Bonchev–Trinajstić information content (AvgIpc) is 2.40. The van der Waals surface area contributed by atoms with E-state index in [-0.39, 0.29) is 5.91 Å². The van der Waals surface area contributed by atoms with Gasteiger partial charge in [0.05, 0.1) is 0 Å². The van der Waals surface area contributed by atoms with Crippen LogP contribution in [0.5, 0.6) is 0 Å². The number of amides is 1. The Morgan fingerprint density at radius 3 is 2.28 bits per heavy atom. The van der Waals surface area contributed by atoms with Crippen LogP contribution < -0.4 is 5.73 Å². The van der Waals surface area contributed by atoms with Gasteiger partial charge >= 0.3 is 0 Å². The van der Waals surface area contributed by atoms with Crippen LogP contribution in [0.1, 0.15) is 27.9 Å². The Hall–Kier alpha value is -2.09. The Morgan fingerprint density at radius 2 is 1.56 bits per heavy atom. The summed E-state index contributed by atoms with van der Waals surface area (Å²) < 4.78 is 0. The molecule has 0 unspecified atom stereocenters. The van der Waals surface area contributed by atoms with E-state index < -0.39 is 0 Å². The minimum Gasteiger partial charge on any atom is -0.366 e. The molecule has 0 bridgehead atoms. The second-order valence-corrected chi connectivity index (χ2v) is 4.36. The minimum atomic E-state index is -0.342. The second kappa shape index (κ2) is 6.01. The molecule has 0 aliphatic heterocycles. The van der Waals surface area contributed by atoms with Crippen LogP contribution in [0.4, 0.5) is 0 Å². The van der Waals surface area contributed by atoms with Gasteiger partial charge in [-0.2, -0.15) is 0 Å². The first kappa shape index (κ1) is 12.4. The maximum atomic E-state index is 11.3. The van der Waals surface area contributed by atoms with Crippen LogP contribution in [-0.2, 0) is 12.8 Å². The highest BCUT2D eigenvalue weighted by Gasteiger charge is 2.06. The molecule has 0 atom stereocenters. The third-order valence-corrected chi connectivity index (χ3v) is 3.04. The molecule has 2 rings (SSSR count). The fourth-order valence-corrected chi connectivity index (χ4v) is 2.11. The summed E-state index contributed by atoms with van der Waals surface area (Å²) in [6.45, 7) is 0. The van der Waals surface area contributed by atoms with Crippen molar-refractivity contribution in [2.75, 3.05) is 0 Å². The predicted molar refractivity (Wildman–Crippen MR) is 73.4 cm³/mol. The van der Waals surface area contributed by atoms with Gasteiger partial charge in [0.1, 0.15) is 0 Å². The normalized spacial score (nSPS) is 10.2. The van der Waals surface area contributed by atoms with Crippen LogP contribution in [0, 0.1) is 0 Å². The average molecular weight is 239 g/mol. The molecule has 2 aromatic rings. The summed E-state index contributed by atoms with van der Waals surface area (Å²) in [6, 6.07) is 17.9. The first-order valence-corrected chi connectivity index (χ1v) is 6.19. The zero-order valence-corrected chi connectivity index (χ0v) is 10.3. The summed E-state index contributed by atoms with van der Waals surface area (Å²) in [5.41, 5.74) is 8.37. The molecule has 92 valence electrons. The molecule has 2 nitrogen and oxygen atoms in total. The summed E-state index contributed by atoms with van der Waals surface area (Å²) in [4.78, 5) is 11.3. The zero-order valence-electron chi connectivity index (χ0n) is 10.3. The van der Waals surface area contributed by atoms with Gasteiger partial charge in [0, 0.05) is 5.56 Å². The molecule has 0 aliphatic rings. The Kier molecular flexibility index (Phi) is 4.13. The van der Waals surface area contributed by atoms with E-state index in [4.69, 9.17) is 5.73 Å². The molecule has 0 radical (unpaired) electrons. The van der Waals surface area contributed by atoms with Crippen molar-refractivity contribution in [1.29, 1.82) is 0 Å². The lowest BCUT2D eigenvalue weighted by atomic mass is 9.99. The quantitative estimate of drug-likeness (QED) is 0.856. The van der Waals surface area contributed by atoms with E-state index in [1.165, 1.54) is 5.56 Å². The molecule has 0 aliphatic carbocycles.